The van der Waals surface area contributed by atoms with Gasteiger partial charge in [0.25, 0.3) is 0 Å². The Kier molecular flexibility index (Phi) is 4.90. The molecule has 0 aliphatic rings. The lowest BCUT2D eigenvalue weighted by Crippen LogP contribution is -2.28. The number of rotatable bonds is 6. The summed E-state index contributed by atoms with van der Waals surface area (Å²) in [5.74, 6) is 0.0798. The van der Waals surface area contributed by atoms with Crippen molar-refractivity contribution in [2.45, 2.75) is 12.8 Å². The zero-order valence-corrected chi connectivity index (χ0v) is 9.42. The van der Waals surface area contributed by atoms with E-state index in [-0.39, 0.29) is 5.91 Å². The lowest BCUT2D eigenvalue weighted by atomic mass is 10.3. The van der Waals surface area contributed by atoms with Gasteiger partial charge in [-0.3, -0.25) is 4.79 Å². The molecule has 4 nitrogen and oxygen atoms in total. The molecule has 0 bridgehead atoms. The van der Waals surface area contributed by atoms with E-state index in [0.29, 0.717) is 6.42 Å². The van der Waals surface area contributed by atoms with E-state index >= 15 is 0 Å². The summed E-state index contributed by atoms with van der Waals surface area (Å²) >= 11 is 0. The number of carbonyl (C=O) groups is 1. The Morgan fingerprint density at radius 3 is 2.93 bits per heavy atom. The number of aromatic amines is 1. The minimum Gasteiger partial charge on any atom is -0.365 e. The summed E-state index contributed by atoms with van der Waals surface area (Å²) in [6.45, 7) is 1.75. The largest absolute Gasteiger partial charge is 0.365 e. The first-order valence-corrected chi connectivity index (χ1v) is 5.22. The molecule has 0 radical (unpaired) electrons. The monoisotopic (exact) mass is 209 g/mol. The van der Waals surface area contributed by atoms with Crippen LogP contribution in [0.5, 0.6) is 0 Å². The van der Waals surface area contributed by atoms with E-state index in [0.717, 1.165) is 25.2 Å². The average Bonchev–Trinajstić information content (AvgIpc) is 2.64. The van der Waals surface area contributed by atoms with E-state index in [2.05, 4.69) is 15.2 Å². The Morgan fingerprint density at radius 2 is 2.33 bits per heavy atom. The molecule has 0 aliphatic carbocycles. The third-order valence-corrected chi connectivity index (χ3v) is 2.12. The van der Waals surface area contributed by atoms with Crippen LogP contribution in [-0.2, 0) is 11.2 Å². The molecular formula is C11H19N3O. The van der Waals surface area contributed by atoms with Gasteiger partial charge in [0.05, 0.1) is 6.42 Å². The smallest absolute Gasteiger partial charge is 0.225 e. The molecule has 0 saturated carbocycles. The summed E-state index contributed by atoms with van der Waals surface area (Å²) in [7, 11) is 4.06. The van der Waals surface area contributed by atoms with Crippen LogP contribution in [-0.4, -0.2) is 43.0 Å². The van der Waals surface area contributed by atoms with Gasteiger partial charge < -0.3 is 15.2 Å². The van der Waals surface area contributed by atoms with Gasteiger partial charge >= 0.3 is 0 Å². The van der Waals surface area contributed by atoms with Crippen molar-refractivity contribution in [1.82, 2.24) is 15.2 Å². The van der Waals surface area contributed by atoms with Crippen LogP contribution in [0.2, 0.25) is 0 Å². The van der Waals surface area contributed by atoms with Crippen molar-refractivity contribution in [3.05, 3.63) is 24.0 Å². The van der Waals surface area contributed by atoms with Crippen molar-refractivity contribution >= 4 is 5.91 Å². The molecule has 0 spiro atoms. The molecule has 1 rings (SSSR count). The van der Waals surface area contributed by atoms with Gasteiger partial charge in [-0.25, -0.2) is 0 Å². The minimum absolute atomic E-state index is 0.0798. The second-order valence-corrected chi connectivity index (χ2v) is 3.88. The molecule has 4 heteroatoms. The molecule has 1 amide bonds. The second kappa shape index (κ2) is 6.24. The van der Waals surface area contributed by atoms with Crippen molar-refractivity contribution in [1.29, 1.82) is 0 Å². The van der Waals surface area contributed by atoms with Crippen LogP contribution < -0.4 is 5.32 Å². The fourth-order valence-corrected chi connectivity index (χ4v) is 1.34. The molecule has 0 atom stereocenters. The third-order valence-electron chi connectivity index (χ3n) is 2.12. The van der Waals surface area contributed by atoms with Crippen LogP contribution in [0.25, 0.3) is 0 Å². The van der Waals surface area contributed by atoms with Crippen LogP contribution in [0, 0.1) is 0 Å². The van der Waals surface area contributed by atoms with Gasteiger partial charge in [-0.15, -0.1) is 0 Å². The number of carbonyl (C=O) groups excluding carboxylic acids is 1. The van der Waals surface area contributed by atoms with E-state index in [1.54, 1.807) is 0 Å². The first-order chi connectivity index (χ1) is 7.18. The topological polar surface area (TPSA) is 48.1 Å². The van der Waals surface area contributed by atoms with Gasteiger partial charge in [0.2, 0.25) is 5.91 Å². The van der Waals surface area contributed by atoms with E-state index in [9.17, 15) is 4.79 Å². The Morgan fingerprint density at radius 1 is 1.53 bits per heavy atom. The highest BCUT2D eigenvalue weighted by atomic mass is 16.1. The minimum atomic E-state index is 0.0798. The lowest BCUT2D eigenvalue weighted by molar-refractivity contribution is -0.120. The van der Waals surface area contributed by atoms with Gasteiger partial charge in [-0.05, 0) is 39.2 Å². The zero-order valence-electron chi connectivity index (χ0n) is 9.42. The maximum absolute atomic E-state index is 11.4. The fourth-order valence-electron chi connectivity index (χ4n) is 1.34. The molecule has 15 heavy (non-hydrogen) atoms. The van der Waals surface area contributed by atoms with Gasteiger partial charge in [0.15, 0.2) is 0 Å². The predicted molar refractivity (Wildman–Crippen MR) is 60.7 cm³/mol. The quantitative estimate of drug-likeness (QED) is 0.675. The van der Waals surface area contributed by atoms with Crippen LogP contribution >= 0.6 is 0 Å². The Hall–Kier alpha value is -1.29. The number of amides is 1. The molecule has 1 aromatic heterocycles. The standard InChI is InChI=1S/C11H19N3O/c1-14(2)8-4-7-13-11(15)9-10-5-3-6-12-10/h3,5-6,12H,4,7-9H2,1-2H3,(H,13,15). The number of H-pyrrole nitrogens is 1. The number of aromatic nitrogens is 1. The number of hydrogen-bond acceptors (Lipinski definition) is 2. The van der Waals surface area contributed by atoms with Crippen LogP contribution in [0.4, 0.5) is 0 Å². The Labute approximate surface area is 90.7 Å². The summed E-state index contributed by atoms with van der Waals surface area (Å²) in [6, 6.07) is 3.81. The highest BCUT2D eigenvalue weighted by molar-refractivity contribution is 5.78. The van der Waals surface area contributed by atoms with Crippen LogP contribution in [0.1, 0.15) is 12.1 Å². The van der Waals surface area contributed by atoms with Crippen molar-refractivity contribution < 1.29 is 4.79 Å². The number of hydrogen-bond donors (Lipinski definition) is 2. The summed E-state index contributed by atoms with van der Waals surface area (Å²) in [5.41, 5.74) is 0.958. The van der Waals surface area contributed by atoms with Gasteiger partial charge in [-0.2, -0.15) is 0 Å². The Balaban J connectivity index is 2.09. The summed E-state index contributed by atoms with van der Waals surface area (Å²) in [5, 5.41) is 2.89. The number of nitrogens with one attached hydrogen (secondary N) is 2. The molecule has 84 valence electrons. The molecule has 0 aliphatic heterocycles. The first kappa shape index (κ1) is 11.8. The second-order valence-electron chi connectivity index (χ2n) is 3.88. The molecule has 1 heterocycles. The summed E-state index contributed by atoms with van der Waals surface area (Å²) in [6.07, 6.45) is 3.26. The predicted octanol–water partition coefficient (Wildman–Crippen LogP) is 0.625. The van der Waals surface area contributed by atoms with E-state index in [4.69, 9.17) is 0 Å². The van der Waals surface area contributed by atoms with Crippen LogP contribution in [0.15, 0.2) is 18.3 Å². The zero-order chi connectivity index (χ0) is 11.1. The van der Waals surface area contributed by atoms with E-state index in [1.807, 2.05) is 32.4 Å². The SMILES string of the molecule is CN(C)CCCNC(=O)Cc1ccc[nH]1. The van der Waals surface area contributed by atoms with Crippen molar-refractivity contribution in [2.24, 2.45) is 0 Å². The molecule has 0 fully saturated rings. The highest BCUT2D eigenvalue weighted by Gasteiger charge is 2.02. The fraction of sp³-hybridized carbons (Fsp3) is 0.545. The maximum atomic E-state index is 11.4. The Bertz CT molecular complexity index is 280. The van der Waals surface area contributed by atoms with Gasteiger partial charge in [0.1, 0.15) is 0 Å². The molecule has 0 aromatic carbocycles. The highest BCUT2D eigenvalue weighted by Crippen LogP contribution is 1.95. The normalized spacial score (nSPS) is 10.6. The van der Waals surface area contributed by atoms with Crippen molar-refractivity contribution in [3.63, 3.8) is 0 Å². The van der Waals surface area contributed by atoms with Gasteiger partial charge in [-0.1, -0.05) is 0 Å². The van der Waals surface area contributed by atoms with E-state index < -0.39 is 0 Å². The molecule has 0 unspecified atom stereocenters. The van der Waals surface area contributed by atoms with Crippen LogP contribution in [0.3, 0.4) is 0 Å². The van der Waals surface area contributed by atoms with E-state index in [1.165, 1.54) is 0 Å². The lowest BCUT2D eigenvalue weighted by Gasteiger charge is -2.09. The van der Waals surface area contributed by atoms with Gasteiger partial charge in [0, 0.05) is 18.4 Å². The average molecular weight is 209 g/mol. The molecular weight excluding hydrogens is 190 g/mol. The molecule has 0 saturated heterocycles. The van der Waals surface area contributed by atoms with Crippen molar-refractivity contribution in [3.8, 4) is 0 Å². The summed E-state index contributed by atoms with van der Waals surface area (Å²) in [4.78, 5) is 16.5. The number of nitrogens with zero attached hydrogens (tertiary/aromatic N) is 1. The molecule has 2 N–H and O–H groups in total. The summed E-state index contributed by atoms with van der Waals surface area (Å²) < 4.78 is 0. The maximum Gasteiger partial charge on any atom is 0.225 e. The molecule has 1 aromatic rings. The first-order valence-electron chi connectivity index (χ1n) is 5.22. The van der Waals surface area contributed by atoms with Crippen molar-refractivity contribution in [2.75, 3.05) is 27.2 Å². The third kappa shape index (κ3) is 5.22.